The van der Waals surface area contributed by atoms with Gasteiger partial charge in [-0.3, -0.25) is 4.72 Å². The van der Waals surface area contributed by atoms with Gasteiger partial charge in [-0.15, -0.1) is 10.2 Å². The molecule has 0 radical (unpaired) electrons. The molecule has 0 saturated heterocycles. The summed E-state index contributed by atoms with van der Waals surface area (Å²) in [6.07, 6.45) is 0. The van der Waals surface area contributed by atoms with E-state index in [0.29, 0.717) is 16.6 Å². The fraction of sp³-hybridized carbons (Fsp3) is 0.0588. The molecule has 0 bridgehead atoms. The number of anilines is 3. The van der Waals surface area contributed by atoms with Gasteiger partial charge in [0, 0.05) is 5.02 Å². The molecular weight excluding hydrogens is 376 g/mol. The van der Waals surface area contributed by atoms with E-state index >= 15 is 0 Å². The number of hydrogen-bond donors (Lipinski definition) is 2. The molecule has 0 saturated carbocycles. The van der Waals surface area contributed by atoms with Crippen LogP contribution >= 0.6 is 11.6 Å². The standard InChI is InChI=1S/C17H15ClN4O3S/c1-25-15-5-3-2-4-14(15)19-16-10-11-17(21-20-16)22-26(23,24)13-8-6-12(18)7-9-13/h2-11H,1H3,(H,19,20)(H,21,22). The number of sulfonamides is 1. The van der Waals surface area contributed by atoms with Gasteiger partial charge in [0.2, 0.25) is 0 Å². The second kappa shape index (κ2) is 7.59. The summed E-state index contributed by atoms with van der Waals surface area (Å²) in [7, 11) is -2.19. The highest BCUT2D eigenvalue weighted by molar-refractivity contribution is 7.92. The minimum absolute atomic E-state index is 0.0833. The summed E-state index contributed by atoms with van der Waals surface area (Å²) in [6.45, 7) is 0. The lowest BCUT2D eigenvalue weighted by atomic mass is 10.3. The molecule has 0 spiro atoms. The van der Waals surface area contributed by atoms with Gasteiger partial charge in [-0.2, -0.15) is 0 Å². The SMILES string of the molecule is COc1ccccc1Nc1ccc(NS(=O)(=O)c2ccc(Cl)cc2)nn1. The number of ether oxygens (including phenoxy) is 1. The van der Waals surface area contributed by atoms with Crippen LogP contribution in [0.3, 0.4) is 0 Å². The smallest absolute Gasteiger partial charge is 0.263 e. The first kappa shape index (κ1) is 18.0. The molecule has 3 rings (SSSR count). The summed E-state index contributed by atoms with van der Waals surface area (Å²) in [4.78, 5) is 0.0833. The summed E-state index contributed by atoms with van der Waals surface area (Å²) in [6, 6.07) is 16.3. The van der Waals surface area contributed by atoms with E-state index in [2.05, 4.69) is 20.2 Å². The molecule has 7 nitrogen and oxygen atoms in total. The highest BCUT2D eigenvalue weighted by atomic mass is 35.5. The molecule has 0 atom stereocenters. The Labute approximate surface area is 156 Å². The quantitative estimate of drug-likeness (QED) is 0.666. The molecule has 9 heteroatoms. The van der Waals surface area contributed by atoms with Gasteiger partial charge in [0.25, 0.3) is 10.0 Å². The van der Waals surface area contributed by atoms with Gasteiger partial charge >= 0.3 is 0 Å². The minimum Gasteiger partial charge on any atom is -0.495 e. The Kier molecular flexibility index (Phi) is 5.24. The number of rotatable bonds is 6. The maximum absolute atomic E-state index is 12.3. The van der Waals surface area contributed by atoms with E-state index in [1.54, 1.807) is 13.2 Å². The van der Waals surface area contributed by atoms with Crippen LogP contribution in [0, 0.1) is 0 Å². The summed E-state index contributed by atoms with van der Waals surface area (Å²) in [5, 5.41) is 11.4. The van der Waals surface area contributed by atoms with E-state index in [-0.39, 0.29) is 10.7 Å². The average Bonchev–Trinajstić information content (AvgIpc) is 2.64. The molecule has 0 aliphatic rings. The molecule has 3 aromatic rings. The van der Waals surface area contributed by atoms with E-state index in [4.69, 9.17) is 16.3 Å². The van der Waals surface area contributed by atoms with Crippen molar-refractivity contribution >= 4 is 38.9 Å². The number of benzene rings is 2. The van der Waals surface area contributed by atoms with E-state index < -0.39 is 10.0 Å². The molecule has 0 amide bonds. The van der Waals surface area contributed by atoms with Crippen LogP contribution in [0.5, 0.6) is 5.75 Å². The Balaban J connectivity index is 1.74. The summed E-state index contributed by atoms with van der Waals surface area (Å²) >= 11 is 5.77. The first-order valence-electron chi connectivity index (χ1n) is 7.50. The van der Waals surface area contributed by atoms with Crippen LogP contribution in [0.2, 0.25) is 5.02 Å². The first-order chi connectivity index (χ1) is 12.5. The van der Waals surface area contributed by atoms with Gasteiger partial charge in [-0.1, -0.05) is 23.7 Å². The lowest BCUT2D eigenvalue weighted by Crippen LogP contribution is -2.14. The van der Waals surface area contributed by atoms with Crippen molar-refractivity contribution in [1.29, 1.82) is 0 Å². The second-order valence-electron chi connectivity index (χ2n) is 5.19. The Morgan fingerprint density at radius 2 is 1.58 bits per heavy atom. The number of para-hydroxylation sites is 2. The Bertz CT molecular complexity index is 993. The van der Waals surface area contributed by atoms with Gasteiger partial charge < -0.3 is 10.1 Å². The third-order valence-electron chi connectivity index (χ3n) is 3.40. The van der Waals surface area contributed by atoms with Crippen LogP contribution in [0.25, 0.3) is 0 Å². The fourth-order valence-electron chi connectivity index (χ4n) is 2.15. The first-order valence-corrected chi connectivity index (χ1v) is 9.36. The number of nitrogens with zero attached hydrogens (tertiary/aromatic N) is 2. The molecule has 1 heterocycles. The van der Waals surface area contributed by atoms with Gasteiger partial charge in [-0.25, -0.2) is 8.42 Å². The summed E-state index contributed by atoms with van der Waals surface area (Å²) in [5.41, 5.74) is 0.721. The molecule has 0 aliphatic carbocycles. The second-order valence-corrected chi connectivity index (χ2v) is 7.31. The summed E-state index contributed by atoms with van der Waals surface area (Å²) < 4.78 is 32.3. The maximum atomic E-state index is 12.3. The number of halogens is 1. The predicted octanol–water partition coefficient (Wildman–Crippen LogP) is 3.68. The lowest BCUT2D eigenvalue weighted by molar-refractivity contribution is 0.417. The van der Waals surface area contributed by atoms with E-state index in [0.717, 1.165) is 5.69 Å². The Morgan fingerprint density at radius 1 is 0.923 bits per heavy atom. The predicted molar refractivity (Wildman–Crippen MR) is 101 cm³/mol. The van der Waals surface area contributed by atoms with Crippen molar-refractivity contribution in [2.45, 2.75) is 4.90 Å². The number of hydrogen-bond acceptors (Lipinski definition) is 6. The monoisotopic (exact) mass is 390 g/mol. The molecule has 0 fully saturated rings. The lowest BCUT2D eigenvalue weighted by Gasteiger charge is -2.10. The third-order valence-corrected chi connectivity index (χ3v) is 5.02. The molecule has 2 aromatic carbocycles. The normalized spacial score (nSPS) is 11.0. The van der Waals surface area contributed by atoms with Crippen molar-refractivity contribution < 1.29 is 13.2 Å². The highest BCUT2D eigenvalue weighted by Crippen LogP contribution is 2.26. The van der Waals surface area contributed by atoms with Crippen LogP contribution in [0.15, 0.2) is 65.6 Å². The molecule has 26 heavy (non-hydrogen) atoms. The number of aromatic nitrogens is 2. The van der Waals surface area contributed by atoms with Crippen molar-refractivity contribution in [3.8, 4) is 5.75 Å². The zero-order valence-electron chi connectivity index (χ0n) is 13.7. The summed E-state index contributed by atoms with van der Waals surface area (Å²) in [5.74, 6) is 1.20. The van der Waals surface area contributed by atoms with Gasteiger partial charge in [-0.05, 0) is 48.5 Å². The van der Waals surface area contributed by atoms with E-state index in [9.17, 15) is 8.42 Å². The third kappa shape index (κ3) is 4.22. The molecule has 0 unspecified atom stereocenters. The van der Waals surface area contributed by atoms with Gasteiger partial charge in [0.05, 0.1) is 17.7 Å². The van der Waals surface area contributed by atoms with E-state index in [1.807, 2.05) is 24.3 Å². The van der Waals surface area contributed by atoms with Crippen LogP contribution in [0.4, 0.5) is 17.3 Å². The van der Waals surface area contributed by atoms with Crippen molar-refractivity contribution in [3.05, 3.63) is 65.7 Å². The number of nitrogens with one attached hydrogen (secondary N) is 2. The largest absolute Gasteiger partial charge is 0.495 e. The van der Waals surface area contributed by atoms with Crippen molar-refractivity contribution in [3.63, 3.8) is 0 Å². The average molecular weight is 391 g/mol. The van der Waals surface area contributed by atoms with Crippen molar-refractivity contribution in [2.75, 3.05) is 17.1 Å². The molecule has 1 aromatic heterocycles. The van der Waals surface area contributed by atoms with Gasteiger partial charge in [0.15, 0.2) is 11.6 Å². The number of methoxy groups -OCH3 is 1. The van der Waals surface area contributed by atoms with Crippen LogP contribution in [-0.2, 0) is 10.0 Å². The zero-order valence-corrected chi connectivity index (χ0v) is 15.3. The molecule has 134 valence electrons. The van der Waals surface area contributed by atoms with Crippen molar-refractivity contribution in [2.24, 2.45) is 0 Å². The van der Waals surface area contributed by atoms with Crippen molar-refractivity contribution in [1.82, 2.24) is 10.2 Å². The topological polar surface area (TPSA) is 93.2 Å². The molecular formula is C17H15ClN4O3S. The Hall–Kier alpha value is -2.84. The fourth-order valence-corrected chi connectivity index (χ4v) is 3.27. The Morgan fingerprint density at radius 3 is 2.23 bits per heavy atom. The highest BCUT2D eigenvalue weighted by Gasteiger charge is 2.15. The zero-order chi connectivity index (χ0) is 18.6. The molecule has 2 N–H and O–H groups in total. The maximum Gasteiger partial charge on any atom is 0.263 e. The minimum atomic E-state index is -3.76. The van der Waals surface area contributed by atoms with Crippen LogP contribution in [0.1, 0.15) is 0 Å². The molecule has 0 aliphatic heterocycles. The van der Waals surface area contributed by atoms with Crippen LogP contribution in [-0.4, -0.2) is 25.7 Å². The van der Waals surface area contributed by atoms with Crippen LogP contribution < -0.4 is 14.8 Å². The van der Waals surface area contributed by atoms with Gasteiger partial charge in [0.1, 0.15) is 5.75 Å². The van der Waals surface area contributed by atoms with E-state index in [1.165, 1.54) is 30.3 Å².